The first kappa shape index (κ1) is 10.4. The van der Waals surface area contributed by atoms with Crippen LogP contribution in [0.15, 0.2) is 0 Å². The second kappa shape index (κ2) is 4.49. The lowest BCUT2D eigenvalue weighted by Crippen LogP contribution is -2.51. The first-order valence-electron chi connectivity index (χ1n) is 4.60. The van der Waals surface area contributed by atoms with Crippen LogP contribution in [0.4, 0.5) is 0 Å². The van der Waals surface area contributed by atoms with Crippen molar-refractivity contribution >= 4 is 11.8 Å². The molecule has 0 aliphatic carbocycles. The Bertz CT molecular complexity index is 132. The molecule has 1 rings (SSSR count). The fraction of sp³-hybridized carbons (Fsp3) is 1.00. The van der Waals surface area contributed by atoms with Crippen LogP contribution in [-0.2, 0) is 4.74 Å². The van der Waals surface area contributed by atoms with Crippen LogP contribution in [0, 0.1) is 5.92 Å². The van der Waals surface area contributed by atoms with Gasteiger partial charge in [-0.05, 0) is 24.6 Å². The lowest BCUT2D eigenvalue weighted by atomic mass is 10.1. The monoisotopic (exact) mass is 189 g/mol. The molecule has 0 saturated carbocycles. The molecular formula is C9H19NOS. The van der Waals surface area contributed by atoms with Gasteiger partial charge in [-0.3, -0.25) is 0 Å². The van der Waals surface area contributed by atoms with Crippen molar-refractivity contribution in [2.75, 3.05) is 26.0 Å². The molecule has 0 aromatic heterocycles. The third kappa shape index (κ3) is 2.38. The van der Waals surface area contributed by atoms with E-state index in [0.717, 1.165) is 25.5 Å². The van der Waals surface area contributed by atoms with Gasteiger partial charge in [0.25, 0.3) is 0 Å². The van der Waals surface area contributed by atoms with Gasteiger partial charge in [0, 0.05) is 7.11 Å². The minimum atomic E-state index is 0.196. The van der Waals surface area contributed by atoms with Crippen LogP contribution in [0.5, 0.6) is 0 Å². The van der Waals surface area contributed by atoms with Gasteiger partial charge in [-0.15, -0.1) is 11.8 Å². The Hall–Kier alpha value is 0.270. The Morgan fingerprint density at radius 2 is 2.42 bits per heavy atom. The van der Waals surface area contributed by atoms with Crippen LogP contribution in [0.3, 0.4) is 0 Å². The topological polar surface area (TPSA) is 21.3 Å². The maximum absolute atomic E-state index is 5.23. The minimum Gasteiger partial charge on any atom is -0.382 e. The van der Waals surface area contributed by atoms with E-state index in [0.29, 0.717) is 0 Å². The number of thioether (sulfide) groups is 1. The molecule has 0 radical (unpaired) electrons. The predicted octanol–water partition coefficient (Wildman–Crippen LogP) is 1.71. The van der Waals surface area contributed by atoms with Crippen molar-refractivity contribution in [1.29, 1.82) is 0 Å². The Morgan fingerprint density at radius 1 is 1.67 bits per heavy atom. The smallest absolute Gasteiger partial charge is 0.0878 e. The Morgan fingerprint density at radius 3 is 2.83 bits per heavy atom. The van der Waals surface area contributed by atoms with Crippen molar-refractivity contribution < 1.29 is 4.74 Å². The summed E-state index contributed by atoms with van der Waals surface area (Å²) in [4.78, 5) is 0.196. The van der Waals surface area contributed by atoms with Gasteiger partial charge in [-0.25, -0.2) is 0 Å². The highest BCUT2D eigenvalue weighted by atomic mass is 32.2. The van der Waals surface area contributed by atoms with E-state index in [4.69, 9.17) is 4.74 Å². The molecule has 1 saturated heterocycles. The van der Waals surface area contributed by atoms with Crippen molar-refractivity contribution in [1.82, 2.24) is 5.32 Å². The second-order valence-electron chi connectivity index (χ2n) is 3.58. The summed E-state index contributed by atoms with van der Waals surface area (Å²) >= 11 is 2.01. The van der Waals surface area contributed by atoms with E-state index < -0.39 is 0 Å². The van der Waals surface area contributed by atoms with Crippen molar-refractivity contribution in [2.45, 2.75) is 25.1 Å². The van der Waals surface area contributed by atoms with Gasteiger partial charge in [-0.1, -0.05) is 13.8 Å². The van der Waals surface area contributed by atoms with Crippen LogP contribution in [0.2, 0.25) is 0 Å². The van der Waals surface area contributed by atoms with Gasteiger partial charge in [0.2, 0.25) is 0 Å². The molecule has 0 spiro atoms. The first-order chi connectivity index (χ1) is 5.72. The van der Waals surface area contributed by atoms with Gasteiger partial charge in [0.1, 0.15) is 0 Å². The number of hydrogen-bond donors (Lipinski definition) is 1. The average Bonchev–Trinajstić information content (AvgIpc) is 2.10. The highest BCUT2D eigenvalue weighted by molar-refractivity contribution is 8.00. The zero-order valence-electron chi connectivity index (χ0n) is 8.22. The number of hydrogen-bond acceptors (Lipinski definition) is 3. The summed E-state index contributed by atoms with van der Waals surface area (Å²) in [5, 5.41) is 3.57. The standard InChI is InChI=1S/C9H19NOS/c1-4-9(7-11-3)10-5-8(2)6-12-9/h8,10H,4-7H2,1-3H3. The molecule has 0 aromatic rings. The summed E-state index contributed by atoms with van der Waals surface area (Å²) in [5.41, 5.74) is 0. The van der Waals surface area contributed by atoms with Gasteiger partial charge < -0.3 is 10.1 Å². The fourth-order valence-electron chi connectivity index (χ4n) is 1.43. The zero-order chi connectivity index (χ0) is 9.03. The molecule has 3 heteroatoms. The Labute approximate surface area is 79.4 Å². The molecule has 2 unspecified atom stereocenters. The number of rotatable bonds is 3. The van der Waals surface area contributed by atoms with E-state index in [1.807, 2.05) is 11.8 Å². The largest absolute Gasteiger partial charge is 0.382 e. The third-order valence-electron chi connectivity index (χ3n) is 2.37. The molecule has 1 fully saturated rings. The molecular weight excluding hydrogens is 170 g/mol. The summed E-state index contributed by atoms with van der Waals surface area (Å²) in [6.45, 7) is 6.45. The van der Waals surface area contributed by atoms with Gasteiger partial charge >= 0.3 is 0 Å². The predicted molar refractivity (Wildman–Crippen MR) is 54.5 cm³/mol. The summed E-state index contributed by atoms with van der Waals surface area (Å²) in [6, 6.07) is 0. The van der Waals surface area contributed by atoms with Gasteiger partial charge in [0.05, 0.1) is 11.5 Å². The molecule has 0 bridgehead atoms. The minimum absolute atomic E-state index is 0.196. The van der Waals surface area contributed by atoms with Crippen LogP contribution in [0.25, 0.3) is 0 Å². The molecule has 1 heterocycles. The van der Waals surface area contributed by atoms with E-state index in [-0.39, 0.29) is 4.87 Å². The number of ether oxygens (including phenoxy) is 1. The maximum Gasteiger partial charge on any atom is 0.0878 e. The molecule has 72 valence electrons. The van der Waals surface area contributed by atoms with E-state index in [2.05, 4.69) is 19.2 Å². The van der Waals surface area contributed by atoms with E-state index in [1.54, 1.807) is 7.11 Å². The van der Waals surface area contributed by atoms with Gasteiger partial charge in [-0.2, -0.15) is 0 Å². The quantitative estimate of drug-likeness (QED) is 0.730. The van der Waals surface area contributed by atoms with Crippen molar-refractivity contribution in [3.63, 3.8) is 0 Å². The van der Waals surface area contributed by atoms with Crippen LogP contribution in [0.1, 0.15) is 20.3 Å². The third-order valence-corrected chi connectivity index (χ3v) is 4.20. The molecule has 2 nitrogen and oxygen atoms in total. The number of methoxy groups -OCH3 is 1. The zero-order valence-corrected chi connectivity index (χ0v) is 9.04. The average molecular weight is 189 g/mol. The lowest BCUT2D eigenvalue weighted by Gasteiger charge is -2.38. The molecule has 1 aliphatic rings. The number of nitrogens with one attached hydrogen (secondary N) is 1. The molecule has 1 aliphatic heterocycles. The summed E-state index contributed by atoms with van der Waals surface area (Å²) in [5.74, 6) is 2.05. The Balaban J connectivity index is 2.45. The highest BCUT2D eigenvalue weighted by Crippen LogP contribution is 2.31. The molecule has 0 aromatic carbocycles. The molecule has 0 amide bonds. The summed E-state index contributed by atoms with van der Waals surface area (Å²) in [6.07, 6.45) is 1.14. The first-order valence-corrected chi connectivity index (χ1v) is 5.59. The molecule has 12 heavy (non-hydrogen) atoms. The van der Waals surface area contributed by atoms with Crippen LogP contribution < -0.4 is 5.32 Å². The van der Waals surface area contributed by atoms with Crippen molar-refractivity contribution in [3.05, 3.63) is 0 Å². The lowest BCUT2D eigenvalue weighted by molar-refractivity contribution is 0.146. The maximum atomic E-state index is 5.23. The second-order valence-corrected chi connectivity index (χ2v) is 4.98. The van der Waals surface area contributed by atoms with E-state index >= 15 is 0 Å². The normalized spacial score (nSPS) is 36.8. The van der Waals surface area contributed by atoms with E-state index in [9.17, 15) is 0 Å². The van der Waals surface area contributed by atoms with Crippen LogP contribution in [-0.4, -0.2) is 30.9 Å². The highest BCUT2D eigenvalue weighted by Gasteiger charge is 2.32. The van der Waals surface area contributed by atoms with Gasteiger partial charge in [0.15, 0.2) is 0 Å². The molecule has 1 N–H and O–H groups in total. The van der Waals surface area contributed by atoms with Crippen LogP contribution >= 0.6 is 11.8 Å². The SMILES string of the molecule is CCC1(COC)NCC(C)CS1. The Kier molecular flexibility index (Phi) is 3.87. The fourth-order valence-corrected chi connectivity index (χ4v) is 2.74. The summed E-state index contributed by atoms with van der Waals surface area (Å²) < 4.78 is 5.23. The molecule has 2 atom stereocenters. The van der Waals surface area contributed by atoms with Crippen molar-refractivity contribution in [2.24, 2.45) is 5.92 Å². The van der Waals surface area contributed by atoms with Crippen molar-refractivity contribution in [3.8, 4) is 0 Å². The summed E-state index contributed by atoms with van der Waals surface area (Å²) in [7, 11) is 1.78. The van der Waals surface area contributed by atoms with E-state index in [1.165, 1.54) is 5.75 Å².